The molecular formula is C9H6FNO2S. The van der Waals surface area contributed by atoms with E-state index in [0.29, 0.717) is 0 Å². The molecule has 0 saturated heterocycles. The van der Waals surface area contributed by atoms with E-state index in [9.17, 15) is 9.18 Å². The normalized spacial score (nSPS) is 9.29. The van der Waals surface area contributed by atoms with Crippen molar-refractivity contribution in [2.45, 2.75) is 4.90 Å². The van der Waals surface area contributed by atoms with Crippen molar-refractivity contribution in [2.24, 2.45) is 0 Å². The number of carbonyl (C=O) groups excluding carboxylic acids is 1. The Balaban J connectivity index is 3.30. The molecule has 0 aromatic heterocycles. The van der Waals surface area contributed by atoms with Gasteiger partial charge < -0.3 is 4.74 Å². The highest BCUT2D eigenvalue weighted by Crippen LogP contribution is 2.19. The molecule has 72 valence electrons. The van der Waals surface area contributed by atoms with E-state index in [0.717, 1.165) is 13.2 Å². The molecule has 0 radical (unpaired) electrons. The van der Waals surface area contributed by atoms with E-state index < -0.39 is 11.8 Å². The lowest BCUT2D eigenvalue weighted by Gasteiger charge is -2.03. The Morgan fingerprint density at radius 3 is 2.79 bits per heavy atom. The molecule has 0 heterocycles. The zero-order valence-corrected chi connectivity index (χ0v) is 8.14. The van der Waals surface area contributed by atoms with E-state index in [1.165, 1.54) is 6.07 Å². The number of hydrogen-bond acceptors (Lipinski definition) is 4. The van der Waals surface area contributed by atoms with Gasteiger partial charge >= 0.3 is 5.97 Å². The summed E-state index contributed by atoms with van der Waals surface area (Å²) >= 11 is 3.93. The number of methoxy groups -OCH3 is 1. The van der Waals surface area contributed by atoms with Crippen LogP contribution in [0.25, 0.3) is 0 Å². The predicted octanol–water partition coefficient (Wildman–Crippen LogP) is 1.77. The minimum absolute atomic E-state index is 0.0819. The van der Waals surface area contributed by atoms with Gasteiger partial charge in [0.25, 0.3) is 0 Å². The van der Waals surface area contributed by atoms with Crippen LogP contribution in [0.4, 0.5) is 4.39 Å². The van der Waals surface area contributed by atoms with Crippen LogP contribution >= 0.6 is 12.6 Å². The monoisotopic (exact) mass is 211 g/mol. The molecule has 0 aliphatic heterocycles. The Morgan fingerprint density at radius 2 is 2.29 bits per heavy atom. The fraction of sp³-hybridized carbons (Fsp3) is 0.111. The van der Waals surface area contributed by atoms with Crippen LogP contribution in [0.15, 0.2) is 17.0 Å². The molecule has 0 bridgehead atoms. The van der Waals surface area contributed by atoms with Gasteiger partial charge in [-0.25, -0.2) is 9.18 Å². The molecule has 0 N–H and O–H groups in total. The quantitative estimate of drug-likeness (QED) is 0.569. The number of carbonyl (C=O) groups is 1. The molecule has 0 fully saturated rings. The van der Waals surface area contributed by atoms with Crippen molar-refractivity contribution in [3.05, 3.63) is 29.1 Å². The molecule has 14 heavy (non-hydrogen) atoms. The Hall–Kier alpha value is -1.54. The van der Waals surface area contributed by atoms with Gasteiger partial charge in [0.2, 0.25) is 0 Å². The predicted molar refractivity (Wildman–Crippen MR) is 49.7 cm³/mol. The van der Waals surface area contributed by atoms with Gasteiger partial charge in [-0.2, -0.15) is 5.26 Å². The lowest BCUT2D eigenvalue weighted by atomic mass is 10.1. The van der Waals surface area contributed by atoms with Gasteiger partial charge in [0.1, 0.15) is 11.9 Å². The SMILES string of the molecule is COC(=O)c1cc(S)c(C#N)cc1F. The number of benzene rings is 1. The number of ether oxygens (including phenoxy) is 1. The Bertz CT molecular complexity index is 426. The molecule has 5 heteroatoms. The highest BCUT2D eigenvalue weighted by atomic mass is 32.1. The van der Waals surface area contributed by atoms with Crippen molar-refractivity contribution < 1.29 is 13.9 Å². The third-order valence-corrected chi connectivity index (χ3v) is 1.98. The van der Waals surface area contributed by atoms with Crippen LogP contribution in [-0.4, -0.2) is 13.1 Å². The minimum atomic E-state index is -0.790. The number of esters is 1. The van der Waals surface area contributed by atoms with Gasteiger partial charge in [-0.3, -0.25) is 0 Å². The number of halogens is 1. The van der Waals surface area contributed by atoms with Gasteiger partial charge in [0, 0.05) is 4.90 Å². The molecule has 0 spiro atoms. The zero-order valence-electron chi connectivity index (χ0n) is 7.24. The smallest absolute Gasteiger partial charge is 0.340 e. The van der Waals surface area contributed by atoms with E-state index in [4.69, 9.17) is 5.26 Å². The largest absolute Gasteiger partial charge is 0.465 e. The van der Waals surface area contributed by atoms with Crippen LogP contribution in [0.3, 0.4) is 0 Å². The lowest BCUT2D eigenvalue weighted by molar-refractivity contribution is 0.0595. The summed E-state index contributed by atoms with van der Waals surface area (Å²) in [6.45, 7) is 0. The summed E-state index contributed by atoms with van der Waals surface area (Å²) < 4.78 is 17.5. The Kier molecular flexibility index (Phi) is 3.10. The maximum atomic E-state index is 13.2. The first kappa shape index (κ1) is 10.5. The molecule has 0 atom stereocenters. The van der Waals surface area contributed by atoms with Crippen molar-refractivity contribution in [3.8, 4) is 6.07 Å². The molecular weight excluding hydrogens is 205 g/mol. The van der Waals surface area contributed by atoms with Crippen LogP contribution in [-0.2, 0) is 4.74 Å². The van der Waals surface area contributed by atoms with Crippen LogP contribution in [0.2, 0.25) is 0 Å². The number of thiol groups is 1. The van der Waals surface area contributed by atoms with E-state index >= 15 is 0 Å². The summed E-state index contributed by atoms with van der Waals surface area (Å²) in [4.78, 5) is 11.3. The Labute approximate surface area is 85.5 Å². The molecule has 0 aliphatic carbocycles. The molecule has 0 aliphatic rings. The fourth-order valence-electron chi connectivity index (χ4n) is 0.918. The molecule has 3 nitrogen and oxygen atoms in total. The molecule has 1 aromatic carbocycles. The van der Waals surface area contributed by atoms with E-state index in [1.54, 1.807) is 6.07 Å². The highest BCUT2D eigenvalue weighted by molar-refractivity contribution is 7.80. The molecule has 1 rings (SSSR count). The molecule has 0 unspecified atom stereocenters. The lowest BCUT2D eigenvalue weighted by Crippen LogP contribution is -2.05. The highest BCUT2D eigenvalue weighted by Gasteiger charge is 2.14. The Morgan fingerprint density at radius 1 is 1.64 bits per heavy atom. The maximum absolute atomic E-state index is 13.2. The van der Waals surface area contributed by atoms with Crippen LogP contribution in [0.5, 0.6) is 0 Å². The average Bonchev–Trinajstić information content (AvgIpc) is 2.19. The van der Waals surface area contributed by atoms with Gasteiger partial charge in [-0.05, 0) is 12.1 Å². The van der Waals surface area contributed by atoms with Crippen LogP contribution in [0.1, 0.15) is 15.9 Å². The van der Waals surface area contributed by atoms with Gasteiger partial charge in [-0.1, -0.05) is 0 Å². The first-order valence-electron chi connectivity index (χ1n) is 3.61. The number of nitriles is 1. The second-order valence-corrected chi connectivity index (χ2v) is 2.93. The maximum Gasteiger partial charge on any atom is 0.340 e. The van der Waals surface area contributed by atoms with E-state index in [2.05, 4.69) is 17.4 Å². The van der Waals surface area contributed by atoms with Crippen molar-refractivity contribution >= 4 is 18.6 Å². The number of rotatable bonds is 1. The molecule has 0 saturated carbocycles. The van der Waals surface area contributed by atoms with Crippen molar-refractivity contribution in [3.63, 3.8) is 0 Å². The molecule has 0 amide bonds. The van der Waals surface area contributed by atoms with Crippen LogP contribution < -0.4 is 0 Å². The summed E-state index contributed by atoms with van der Waals surface area (Å²) in [6.07, 6.45) is 0. The fourth-order valence-corrected chi connectivity index (χ4v) is 1.16. The third-order valence-electron chi connectivity index (χ3n) is 1.61. The van der Waals surface area contributed by atoms with Crippen molar-refractivity contribution in [2.75, 3.05) is 7.11 Å². The summed E-state index contributed by atoms with van der Waals surface area (Å²) in [5, 5.41) is 8.55. The van der Waals surface area contributed by atoms with Crippen LogP contribution in [0, 0.1) is 17.1 Å². The molecule has 1 aromatic rings. The average molecular weight is 211 g/mol. The summed E-state index contributed by atoms with van der Waals surface area (Å²) in [5.41, 5.74) is -0.144. The third kappa shape index (κ3) is 1.86. The standard InChI is InChI=1S/C9H6FNO2S/c1-13-9(12)6-3-8(14)5(4-11)2-7(6)10/h2-3,14H,1H3. The first-order valence-corrected chi connectivity index (χ1v) is 4.05. The van der Waals surface area contributed by atoms with Gasteiger partial charge in [0.15, 0.2) is 0 Å². The summed E-state index contributed by atoms with van der Waals surface area (Å²) in [5.74, 6) is -1.58. The zero-order chi connectivity index (χ0) is 10.7. The second kappa shape index (κ2) is 4.11. The van der Waals surface area contributed by atoms with E-state index in [-0.39, 0.29) is 16.0 Å². The summed E-state index contributed by atoms with van der Waals surface area (Å²) in [7, 11) is 1.15. The second-order valence-electron chi connectivity index (χ2n) is 2.45. The number of hydrogen-bond donors (Lipinski definition) is 1. The van der Waals surface area contributed by atoms with E-state index in [1.807, 2.05) is 0 Å². The number of nitrogens with zero attached hydrogens (tertiary/aromatic N) is 1. The minimum Gasteiger partial charge on any atom is -0.465 e. The topological polar surface area (TPSA) is 50.1 Å². The van der Waals surface area contributed by atoms with Crippen molar-refractivity contribution in [1.29, 1.82) is 5.26 Å². The van der Waals surface area contributed by atoms with Gasteiger partial charge in [0.05, 0.1) is 18.2 Å². The summed E-state index contributed by atoms with van der Waals surface area (Å²) in [6, 6.07) is 3.87. The van der Waals surface area contributed by atoms with Gasteiger partial charge in [-0.15, -0.1) is 12.6 Å². The first-order chi connectivity index (χ1) is 6.60. The van der Waals surface area contributed by atoms with Crippen molar-refractivity contribution in [1.82, 2.24) is 0 Å².